The van der Waals surface area contributed by atoms with E-state index in [2.05, 4.69) is 5.32 Å². The van der Waals surface area contributed by atoms with Crippen LogP contribution in [0.4, 0.5) is 13.6 Å². The number of carbonyl (C=O) groups is 1. The van der Waals surface area contributed by atoms with Gasteiger partial charge in [0.1, 0.15) is 6.61 Å². The second-order valence-corrected chi connectivity index (χ2v) is 4.07. The maximum Gasteiger partial charge on any atom is 0.315 e. The lowest BCUT2D eigenvalue weighted by Crippen LogP contribution is -2.49. The van der Waals surface area contributed by atoms with Crippen LogP contribution in [0.3, 0.4) is 0 Å². The van der Waals surface area contributed by atoms with E-state index < -0.39 is 30.6 Å². The predicted molar refractivity (Wildman–Crippen MR) is 48.3 cm³/mol. The number of aliphatic hydroxyl groups is 1. The highest BCUT2D eigenvalue weighted by atomic mass is 19.3. The Balaban J connectivity index is 3.87. The summed E-state index contributed by atoms with van der Waals surface area (Å²) in [6, 6.07) is -0.675. The van der Waals surface area contributed by atoms with Crippen molar-refractivity contribution in [2.45, 2.75) is 32.2 Å². The topological polar surface area (TPSA) is 61.4 Å². The minimum atomic E-state index is -3.27. The third kappa shape index (κ3) is 6.59. The van der Waals surface area contributed by atoms with Crippen molar-refractivity contribution in [3.63, 3.8) is 0 Å². The molecule has 0 aromatic carbocycles. The first kappa shape index (κ1) is 13.1. The summed E-state index contributed by atoms with van der Waals surface area (Å²) in [6.07, 6.45) is 0. The smallest absolute Gasteiger partial charge is 0.315 e. The zero-order valence-electron chi connectivity index (χ0n) is 8.53. The number of hydrogen-bond acceptors (Lipinski definition) is 2. The first-order chi connectivity index (χ1) is 6.16. The van der Waals surface area contributed by atoms with Crippen LogP contribution in [-0.4, -0.2) is 35.8 Å². The first-order valence-corrected chi connectivity index (χ1v) is 4.21. The average Bonchev–Trinajstić information content (AvgIpc) is 1.98. The molecule has 0 saturated carbocycles. The number of rotatable bonds is 3. The molecule has 84 valence electrons. The third-order valence-electron chi connectivity index (χ3n) is 1.23. The molecule has 0 aromatic rings. The summed E-state index contributed by atoms with van der Waals surface area (Å²) < 4.78 is 24.9. The van der Waals surface area contributed by atoms with Crippen molar-refractivity contribution >= 4 is 6.03 Å². The highest BCUT2D eigenvalue weighted by Crippen LogP contribution is 2.09. The molecule has 0 bridgehead atoms. The number of alkyl halides is 2. The number of carbonyl (C=O) groups excluding carboxylic acids is 1. The van der Waals surface area contributed by atoms with Crippen molar-refractivity contribution in [2.24, 2.45) is 0 Å². The van der Waals surface area contributed by atoms with Crippen LogP contribution in [-0.2, 0) is 0 Å². The number of aliphatic hydroxyl groups excluding tert-OH is 1. The van der Waals surface area contributed by atoms with Gasteiger partial charge in [0, 0.05) is 5.54 Å². The highest BCUT2D eigenvalue weighted by molar-refractivity contribution is 5.74. The zero-order chi connectivity index (χ0) is 11.4. The molecule has 14 heavy (non-hydrogen) atoms. The van der Waals surface area contributed by atoms with Crippen LogP contribution >= 0.6 is 0 Å². The molecule has 3 N–H and O–H groups in total. The van der Waals surface area contributed by atoms with Crippen molar-refractivity contribution in [2.75, 3.05) is 13.2 Å². The molecule has 4 nitrogen and oxygen atoms in total. The Morgan fingerprint density at radius 1 is 1.36 bits per heavy atom. The highest BCUT2D eigenvalue weighted by Gasteiger charge is 2.28. The molecular weight excluding hydrogens is 194 g/mol. The first-order valence-electron chi connectivity index (χ1n) is 4.21. The Morgan fingerprint density at radius 3 is 2.21 bits per heavy atom. The van der Waals surface area contributed by atoms with E-state index in [-0.39, 0.29) is 0 Å². The SMILES string of the molecule is CC(C)(C)NC(=O)NCC(F)(F)CO. The monoisotopic (exact) mass is 210 g/mol. The van der Waals surface area contributed by atoms with Crippen LogP contribution in [0.2, 0.25) is 0 Å². The molecule has 0 unspecified atom stereocenters. The van der Waals surface area contributed by atoms with Gasteiger partial charge in [0.15, 0.2) is 0 Å². The minimum Gasteiger partial charge on any atom is -0.390 e. The van der Waals surface area contributed by atoms with E-state index in [1.165, 1.54) is 0 Å². The van der Waals surface area contributed by atoms with Crippen molar-refractivity contribution in [1.29, 1.82) is 0 Å². The molecule has 0 spiro atoms. The lowest BCUT2D eigenvalue weighted by molar-refractivity contribution is -0.0455. The lowest BCUT2D eigenvalue weighted by atomic mass is 10.1. The van der Waals surface area contributed by atoms with Crippen LogP contribution in [0.15, 0.2) is 0 Å². The average molecular weight is 210 g/mol. The largest absolute Gasteiger partial charge is 0.390 e. The molecule has 0 aliphatic carbocycles. The summed E-state index contributed by atoms with van der Waals surface area (Å²) >= 11 is 0. The fraction of sp³-hybridized carbons (Fsp3) is 0.875. The quantitative estimate of drug-likeness (QED) is 0.642. The van der Waals surface area contributed by atoms with Gasteiger partial charge in [-0.25, -0.2) is 13.6 Å². The minimum absolute atomic E-state index is 0.474. The second kappa shape index (κ2) is 4.54. The number of halogens is 2. The number of hydrogen-bond donors (Lipinski definition) is 3. The Morgan fingerprint density at radius 2 is 1.86 bits per heavy atom. The summed E-state index contributed by atoms with van der Waals surface area (Å²) in [4.78, 5) is 11.0. The van der Waals surface area contributed by atoms with Gasteiger partial charge in [0.05, 0.1) is 6.54 Å². The van der Waals surface area contributed by atoms with Gasteiger partial charge in [-0.15, -0.1) is 0 Å². The summed E-state index contributed by atoms with van der Waals surface area (Å²) in [5, 5.41) is 12.6. The second-order valence-electron chi connectivity index (χ2n) is 4.07. The van der Waals surface area contributed by atoms with Gasteiger partial charge in [-0.2, -0.15) is 0 Å². The summed E-state index contributed by atoms with van der Waals surface area (Å²) in [7, 11) is 0. The van der Waals surface area contributed by atoms with E-state index in [9.17, 15) is 13.6 Å². The molecule has 0 heterocycles. The van der Waals surface area contributed by atoms with E-state index in [0.717, 1.165) is 0 Å². The number of urea groups is 1. The Hall–Kier alpha value is -0.910. The van der Waals surface area contributed by atoms with Gasteiger partial charge in [0.2, 0.25) is 0 Å². The normalized spacial score (nSPS) is 12.4. The molecule has 6 heteroatoms. The Bertz CT molecular complexity index is 202. The van der Waals surface area contributed by atoms with Gasteiger partial charge >= 0.3 is 6.03 Å². The van der Waals surface area contributed by atoms with Crippen LogP contribution in [0.1, 0.15) is 20.8 Å². The molecule has 0 aromatic heterocycles. The van der Waals surface area contributed by atoms with Gasteiger partial charge < -0.3 is 15.7 Å². The fourth-order valence-electron chi connectivity index (χ4n) is 0.650. The van der Waals surface area contributed by atoms with Crippen molar-refractivity contribution in [1.82, 2.24) is 10.6 Å². The molecule has 0 saturated heterocycles. The van der Waals surface area contributed by atoms with Crippen molar-refractivity contribution in [3.8, 4) is 0 Å². The Labute approximate surface area is 81.7 Å². The van der Waals surface area contributed by atoms with Crippen molar-refractivity contribution in [3.05, 3.63) is 0 Å². The summed E-state index contributed by atoms with van der Waals surface area (Å²) in [5.74, 6) is -3.27. The predicted octanol–water partition coefficient (Wildman–Crippen LogP) is 0.712. The van der Waals surface area contributed by atoms with Crippen LogP contribution in [0.25, 0.3) is 0 Å². The third-order valence-corrected chi connectivity index (χ3v) is 1.23. The maximum absolute atomic E-state index is 12.5. The van der Waals surface area contributed by atoms with Crippen LogP contribution < -0.4 is 10.6 Å². The van der Waals surface area contributed by atoms with Gasteiger partial charge in [-0.1, -0.05) is 0 Å². The molecular formula is C8H16F2N2O2. The van der Waals surface area contributed by atoms with E-state index in [4.69, 9.17) is 5.11 Å². The molecule has 2 amide bonds. The number of amides is 2. The van der Waals surface area contributed by atoms with Crippen LogP contribution in [0.5, 0.6) is 0 Å². The van der Waals surface area contributed by atoms with E-state index in [1.807, 2.05) is 5.32 Å². The molecule has 0 radical (unpaired) electrons. The molecule has 0 atom stereocenters. The van der Waals surface area contributed by atoms with Crippen LogP contribution in [0, 0.1) is 0 Å². The van der Waals surface area contributed by atoms with E-state index >= 15 is 0 Å². The summed E-state index contributed by atoms with van der Waals surface area (Å²) in [6.45, 7) is 3.05. The zero-order valence-corrected chi connectivity index (χ0v) is 8.53. The molecule has 0 fully saturated rings. The summed E-state index contributed by atoms with van der Waals surface area (Å²) in [5.41, 5.74) is -0.474. The molecule has 0 aliphatic heterocycles. The van der Waals surface area contributed by atoms with Crippen molar-refractivity contribution < 1.29 is 18.7 Å². The molecule has 0 aliphatic rings. The molecule has 0 rings (SSSR count). The maximum atomic E-state index is 12.5. The standard InChI is InChI=1S/C8H16F2N2O2/c1-7(2,3)12-6(14)11-4-8(9,10)5-13/h13H,4-5H2,1-3H3,(H2,11,12,14). The lowest BCUT2D eigenvalue weighted by Gasteiger charge is -2.22. The Kier molecular flexibility index (Phi) is 4.25. The van der Waals surface area contributed by atoms with Gasteiger partial charge in [-0.3, -0.25) is 0 Å². The van der Waals surface area contributed by atoms with E-state index in [0.29, 0.717) is 0 Å². The fourth-order valence-corrected chi connectivity index (χ4v) is 0.650. The van der Waals surface area contributed by atoms with Gasteiger partial charge in [-0.05, 0) is 20.8 Å². The van der Waals surface area contributed by atoms with E-state index in [1.54, 1.807) is 20.8 Å². The number of nitrogens with one attached hydrogen (secondary N) is 2. The van der Waals surface area contributed by atoms with Gasteiger partial charge in [0.25, 0.3) is 5.92 Å².